The number of hydrogen-bond acceptors (Lipinski definition) is 4. The van der Waals surface area contributed by atoms with E-state index in [9.17, 15) is 13.6 Å². The molecule has 0 saturated heterocycles. The third-order valence-electron chi connectivity index (χ3n) is 5.88. The first kappa shape index (κ1) is 18.9. The van der Waals surface area contributed by atoms with Crippen LogP contribution in [0.4, 0.5) is 8.78 Å². The van der Waals surface area contributed by atoms with Crippen LogP contribution in [0.15, 0.2) is 64.8 Å². The van der Waals surface area contributed by atoms with Crippen molar-refractivity contribution < 1.29 is 13.6 Å². The van der Waals surface area contributed by atoms with Gasteiger partial charge >= 0.3 is 0 Å². The minimum atomic E-state index is -0.651. The second-order valence-electron chi connectivity index (χ2n) is 7.83. The van der Waals surface area contributed by atoms with E-state index in [2.05, 4.69) is 26.9 Å². The number of benzene rings is 2. The van der Waals surface area contributed by atoms with E-state index in [-0.39, 0.29) is 18.0 Å². The molecule has 30 heavy (non-hydrogen) atoms. The molecular formula is C23H22F2N4O. The summed E-state index contributed by atoms with van der Waals surface area (Å²) < 4.78 is 27.6. The summed E-state index contributed by atoms with van der Waals surface area (Å²) in [5, 5.41) is 0. The smallest absolute Gasteiger partial charge is 0.259 e. The van der Waals surface area contributed by atoms with Gasteiger partial charge in [-0.05, 0) is 11.6 Å². The Balaban J connectivity index is 1.42. The molecule has 0 radical (unpaired) electrons. The quantitative estimate of drug-likeness (QED) is 0.780. The molecule has 1 amide bonds. The van der Waals surface area contributed by atoms with Gasteiger partial charge in [-0.15, -0.1) is 0 Å². The minimum absolute atomic E-state index is 0.0374. The van der Waals surface area contributed by atoms with Gasteiger partial charge in [0.2, 0.25) is 5.96 Å². The lowest BCUT2D eigenvalue weighted by atomic mass is 10.00. The SMILES string of the molecule is O=C1C2=C(CCN(Cc3ccccc3)C2)N2CCN=C2N1Cc1ccc(F)cc1F. The molecule has 154 valence electrons. The number of carbonyl (C=O) groups excluding carboxylic acids is 1. The molecule has 7 heteroatoms. The number of halogens is 2. The molecule has 0 aromatic heterocycles. The summed E-state index contributed by atoms with van der Waals surface area (Å²) in [6.07, 6.45) is 0.783. The highest BCUT2D eigenvalue weighted by atomic mass is 19.1. The molecule has 3 aliphatic rings. The van der Waals surface area contributed by atoms with E-state index in [1.165, 1.54) is 22.6 Å². The zero-order valence-corrected chi connectivity index (χ0v) is 16.5. The highest BCUT2D eigenvalue weighted by molar-refractivity contribution is 6.09. The summed E-state index contributed by atoms with van der Waals surface area (Å²) in [4.78, 5) is 23.8. The summed E-state index contributed by atoms with van der Waals surface area (Å²) in [5.41, 5.74) is 3.27. The first-order valence-electron chi connectivity index (χ1n) is 10.2. The van der Waals surface area contributed by atoms with Gasteiger partial charge in [0, 0.05) is 49.9 Å². The van der Waals surface area contributed by atoms with Gasteiger partial charge in [0.05, 0.1) is 18.7 Å². The van der Waals surface area contributed by atoms with Crippen LogP contribution in [0, 0.1) is 11.6 Å². The molecular weight excluding hydrogens is 386 g/mol. The van der Waals surface area contributed by atoms with Gasteiger partial charge in [-0.25, -0.2) is 8.78 Å². The van der Waals surface area contributed by atoms with Crippen LogP contribution in [0.3, 0.4) is 0 Å². The second-order valence-corrected chi connectivity index (χ2v) is 7.83. The van der Waals surface area contributed by atoms with Crippen molar-refractivity contribution in [2.75, 3.05) is 26.2 Å². The average Bonchev–Trinajstić information content (AvgIpc) is 3.23. The molecule has 5 nitrogen and oxygen atoms in total. The maximum atomic E-state index is 14.3. The lowest BCUT2D eigenvalue weighted by Gasteiger charge is -2.42. The van der Waals surface area contributed by atoms with E-state index in [4.69, 9.17) is 0 Å². The number of fused-ring (bicyclic) bond motifs is 2. The van der Waals surface area contributed by atoms with Crippen molar-refractivity contribution in [1.82, 2.24) is 14.7 Å². The highest BCUT2D eigenvalue weighted by Crippen LogP contribution is 2.32. The molecule has 0 spiro atoms. The van der Waals surface area contributed by atoms with Crippen molar-refractivity contribution in [3.63, 3.8) is 0 Å². The Bertz CT molecular complexity index is 1050. The van der Waals surface area contributed by atoms with Crippen LogP contribution in [0.2, 0.25) is 0 Å². The number of aliphatic imine (C=N–C) groups is 1. The lowest BCUT2D eigenvalue weighted by molar-refractivity contribution is -0.125. The molecule has 0 atom stereocenters. The Morgan fingerprint density at radius 1 is 1.00 bits per heavy atom. The molecule has 0 aliphatic carbocycles. The summed E-state index contributed by atoms with van der Waals surface area (Å²) in [7, 11) is 0. The van der Waals surface area contributed by atoms with Gasteiger partial charge < -0.3 is 4.90 Å². The van der Waals surface area contributed by atoms with Crippen molar-refractivity contribution in [1.29, 1.82) is 0 Å². The molecule has 3 heterocycles. The van der Waals surface area contributed by atoms with E-state index < -0.39 is 11.6 Å². The molecule has 0 unspecified atom stereocenters. The molecule has 2 aromatic carbocycles. The van der Waals surface area contributed by atoms with Crippen LogP contribution in [0.1, 0.15) is 17.5 Å². The van der Waals surface area contributed by atoms with Crippen molar-refractivity contribution in [3.8, 4) is 0 Å². The zero-order valence-electron chi connectivity index (χ0n) is 16.5. The Labute approximate surface area is 173 Å². The largest absolute Gasteiger partial charge is 0.314 e. The Hall–Kier alpha value is -3.06. The standard InChI is InChI=1S/C23H22F2N4O/c24-18-7-6-17(20(25)12-18)14-29-22(30)19-15-27(13-16-4-2-1-3-5-16)10-8-21(19)28-11-9-26-23(28)29/h1-7,12H,8-11,13-15H2. The van der Waals surface area contributed by atoms with Gasteiger partial charge in [-0.1, -0.05) is 36.4 Å². The fourth-order valence-corrected chi connectivity index (χ4v) is 4.41. The number of carbonyl (C=O) groups is 1. The van der Waals surface area contributed by atoms with Gasteiger partial charge in [0.15, 0.2) is 0 Å². The molecule has 2 aromatic rings. The normalized spacial score (nSPS) is 19.1. The van der Waals surface area contributed by atoms with E-state index >= 15 is 0 Å². The van der Waals surface area contributed by atoms with Crippen molar-refractivity contribution in [2.45, 2.75) is 19.5 Å². The van der Waals surface area contributed by atoms with Gasteiger partial charge in [0.1, 0.15) is 11.6 Å². The van der Waals surface area contributed by atoms with Crippen LogP contribution in [-0.2, 0) is 17.9 Å². The number of hydrogen-bond donors (Lipinski definition) is 0. The van der Waals surface area contributed by atoms with Crippen LogP contribution in [-0.4, -0.2) is 52.7 Å². The Morgan fingerprint density at radius 2 is 1.83 bits per heavy atom. The maximum absolute atomic E-state index is 14.3. The maximum Gasteiger partial charge on any atom is 0.259 e. The molecule has 5 rings (SSSR count). The molecule has 3 aliphatic heterocycles. The highest BCUT2D eigenvalue weighted by Gasteiger charge is 2.41. The number of nitrogens with zero attached hydrogens (tertiary/aromatic N) is 4. The first-order chi connectivity index (χ1) is 14.6. The van der Waals surface area contributed by atoms with Crippen LogP contribution in [0.5, 0.6) is 0 Å². The summed E-state index contributed by atoms with van der Waals surface area (Å²) in [6, 6.07) is 13.7. The minimum Gasteiger partial charge on any atom is -0.314 e. The third-order valence-corrected chi connectivity index (χ3v) is 5.88. The number of amides is 1. The number of rotatable bonds is 4. The lowest BCUT2D eigenvalue weighted by Crippen LogP contribution is -2.53. The van der Waals surface area contributed by atoms with Crippen molar-refractivity contribution in [3.05, 3.63) is 82.6 Å². The molecule has 0 saturated carbocycles. The fourth-order valence-electron chi connectivity index (χ4n) is 4.41. The summed E-state index contributed by atoms with van der Waals surface area (Å²) in [6.45, 7) is 3.57. The first-order valence-corrected chi connectivity index (χ1v) is 10.2. The van der Waals surface area contributed by atoms with E-state index in [1.54, 1.807) is 0 Å². The topological polar surface area (TPSA) is 39.2 Å². The van der Waals surface area contributed by atoms with Gasteiger partial charge in [-0.2, -0.15) is 0 Å². The van der Waals surface area contributed by atoms with Crippen molar-refractivity contribution >= 4 is 11.9 Å². The zero-order chi connectivity index (χ0) is 20.7. The van der Waals surface area contributed by atoms with E-state index in [0.717, 1.165) is 43.4 Å². The van der Waals surface area contributed by atoms with E-state index in [0.29, 0.717) is 19.0 Å². The van der Waals surface area contributed by atoms with Crippen LogP contribution in [0.25, 0.3) is 0 Å². The predicted octanol–water partition coefficient (Wildman–Crippen LogP) is 3.14. The van der Waals surface area contributed by atoms with Gasteiger partial charge in [-0.3, -0.25) is 19.6 Å². The van der Waals surface area contributed by atoms with Crippen molar-refractivity contribution in [2.24, 2.45) is 4.99 Å². The van der Waals surface area contributed by atoms with Crippen LogP contribution < -0.4 is 0 Å². The Kier molecular flexibility index (Phi) is 4.83. The van der Waals surface area contributed by atoms with Gasteiger partial charge in [0.25, 0.3) is 5.91 Å². The molecule has 0 fully saturated rings. The summed E-state index contributed by atoms with van der Waals surface area (Å²) in [5.74, 6) is -0.834. The second kappa shape index (κ2) is 7.65. The Morgan fingerprint density at radius 3 is 2.63 bits per heavy atom. The molecule has 0 bridgehead atoms. The number of guanidine groups is 1. The average molecular weight is 408 g/mol. The predicted molar refractivity (Wildman–Crippen MR) is 109 cm³/mol. The fraction of sp³-hybridized carbons (Fsp3) is 0.304. The third kappa shape index (κ3) is 3.39. The summed E-state index contributed by atoms with van der Waals surface area (Å²) >= 11 is 0. The monoisotopic (exact) mass is 408 g/mol. The van der Waals surface area contributed by atoms with E-state index in [1.807, 2.05) is 18.2 Å². The van der Waals surface area contributed by atoms with Crippen LogP contribution >= 0.6 is 0 Å². The molecule has 0 N–H and O–H groups in total.